The summed E-state index contributed by atoms with van der Waals surface area (Å²) in [6.45, 7) is 2.18. The van der Waals surface area contributed by atoms with Crippen LogP contribution in [0, 0.1) is 5.92 Å². The second kappa shape index (κ2) is 6.63. The van der Waals surface area contributed by atoms with Gasteiger partial charge in [-0.05, 0) is 30.5 Å². The van der Waals surface area contributed by atoms with E-state index in [0.29, 0.717) is 11.6 Å². The molecule has 1 aliphatic carbocycles. The Morgan fingerprint density at radius 3 is 2.82 bits per heavy atom. The number of hydrogen-bond acceptors (Lipinski definition) is 4. The molecule has 0 bridgehead atoms. The molecule has 144 valence electrons. The molecule has 2 amide bonds. The number of carbonyl (C=O) groups is 2. The number of fused-ring (bicyclic) bond motifs is 1. The van der Waals surface area contributed by atoms with Crippen LogP contribution in [0.4, 0.5) is 0 Å². The zero-order chi connectivity index (χ0) is 20.0. The van der Waals surface area contributed by atoms with Crippen LogP contribution < -0.4 is 11.3 Å². The van der Waals surface area contributed by atoms with Crippen molar-refractivity contribution in [1.29, 1.82) is 0 Å². The van der Waals surface area contributed by atoms with E-state index in [1.807, 2.05) is 12.1 Å². The van der Waals surface area contributed by atoms with Gasteiger partial charge in [0.25, 0.3) is 11.5 Å². The van der Waals surface area contributed by atoms with Crippen LogP contribution in [0.5, 0.6) is 0 Å². The lowest BCUT2D eigenvalue weighted by Crippen LogP contribution is -2.37. The quantitative estimate of drug-likeness (QED) is 0.696. The summed E-state index contributed by atoms with van der Waals surface area (Å²) in [5, 5.41) is 0.871. The first kappa shape index (κ1) is 18.0. The SMILES string of the molecule is C[C@H]1C[C@@H]1N(C)C(=O)c1cc(C(N)=O)cn(Cc2nccc3[nH]ccc23)c1=O. The molecule has 2 atom stereocenters. The maximum atomic E-state index is 13.0. The molecule has 3 heterocycles. The van der Waals surface area contributed by atoms with Crippen LogP contribution in [0.3, 0.4) is 0 Å². The van der Waals surface area contributed by atoms with Gasteiger partial charge in [-0.3, -0.25) is 19.4 Å². The van der Waals surface area contributed by atoms with E-state index < -0.39 is 17.4 Å². The highest BCUT2D eigenvalue weighted by Gasteiger charge is 2.39. The number of H-pyrrole nitrogens is 1. The first-order chi connectivity index (χ1) is 13.4. The Kier molecular flexibility index (Phi) is 4.26. The Morgan fingerprint density at radius 1 is 1.39 bits per heavy atom. The molecule has 4 rings (SSSR count). The molecule has 0 spiro atoms. The summed E-state index contributed by atoms with van der Waals surface area (Å²) in [6, 6.07) is 5.11. The number of rotatable bonds is 5. The van der Waals surface area contributed by atoms with Crippen LogP contribution in [-0.4, -0.2) is 44.3 Å². The molecular formula is C20H21N5O3. The number of hydrogen-bond donors (Lipinski definition) is 2. The minimum atomic E-state index is -0.696. The van der Waals surface area contributed by atoms with E-state index in [-0.39, 0.29) is 23.7 Å². The molecule has 0 unspecified atom stereocenters. The van der Waals surface area contributed by atoms with Gasteiger partial charge in [0.2, 0.25) is 5.91 Å². The van der Waals surface area contributed by atoms with Gasteiger partial charge in [0.05, 0.1) is 17.8 Å². The monoisotopic (exact) mass is 379 g/mol. The van der Waals surface area contributed by atoms with Crippen LogP contribution in [0.2, 0.25) is 0 Å². The number of carbonyl (C=O) groups excluding carboxylic acids is 2. The van der Waals surface area contributed by atoms with Crippen molar-refractivity contribution >= 4 is 22.7 Å². The summed E-state index contributed by atoms with van der Waals surface area (Å²) in [4.78, 5) is 46.7. The predicted molar refractivity (Wildman–Crippen MR) is 104 cm³/mol. The average molecular weight is 379 g/mol. The second-order valence-electron chi connectivity index (χ2n) is 7.33. The smallest absolute Gasteiger partial charge is 0.263 e. The van der Waals surface area contributed by atoms with Gasteiger partial charge in [-0.15, -0.1) is 0 Å². The van der Waals surface area contributed by atoms with Crippen molar-refractivity contribution < 1.29 is 9.59 Å². The van der Waals surface area contributed by atoms with Gasteiger partial charge in [-0.25, -0.2) is 0 Å². The summed E-state index contributed by atoms with van der Waals surface area (Å²) < 4.78 is 1.33. The minimum absolute atomic E-state index is 0.0563. The van der Waals surface area contributed by atoms with E-state index in [2.05, 4.69) is 16.9 Å². The number of nitrogens with zero attached hydrogens (tertiary/aromatic N) is 3. The molecular weight excluding hydrogens is 358 g/mol. The van der Waals surface area contributed by atoms with Crippen molar-refractivity contribution in [2.45, 2.75) is 25.9 Å². The Hall–Kier alpha value is -3.42. The van der Waals surface area contributed by atoms with Gasteiger partial charge in [0, 0.05) is 42.6 Å². The molecule has 0 aliphatic heterocycles. The van der Waals surface area contributed by atoms with E-state index in [0.717, 1.165) is 17.3 Å². The van der Waals surface area contributed by atoms with Gasteiger partial charge in [0.1, 0.15) is 5.56 Å². The number of nitrogens with two attached hydrogens (primary N) is 1. The maximum absolute atomic E-state index is 13.0. The molecule has 1 saturated carbocycles. The van der Waals surface area contributed by atoms with Gasteiger partial charge < -0.3 is 20.2 Å². The minimum Gasteiger partial charge on any atom is -0.366 e. The third kappa shape index (κ3) is 3.06. The Bertz CT molecular complexity index is 1150. The van der Waals surface area contributed by atoms with E-state index in [1.54, 1.807) is 24.3 Å². The molecule has 8 nitrogen and oxygen atoms in total. The zero-order valence-corrected chi connectivity index (χ0v) is 15.7. The van der Waals surface area contributed by atoms with Crippen molar-refractivity contribution in [2.24, 2.45) is 11.7 Å². The van der Waals surface area contributed by atoms with E-state index in [4.69, 9.17) is 5.73 Å². The van der Waals surface area contributed by atoms with E-state index >= 15 is 0 Å². The molecule has 1 aliphatic rings. The topological polar surface area (TPSA) is 114 Å². The number of amides is 2. The molecule has 8 heteroatoms. The van der Waals surface area contributed by atoms with Crippen LogP contribution in [0.15, 0.2) is 41.6 Å². The number of aromatic amines is 1. The standard InChI is InChI=1S/C20H21N5O3/c1-11-7-17(11)24(2)19(27)14-8-12(18(21)26)9-25(20(14)28)10-16-13-3-5-22-15(13)4-6-23-16/h3-6,8-9,11,17,22H,7,10H2,1-2H3,(H2,21,26)/t11-,17-/m0/s1. The second-order valence-corrected chi connectivity index (χ2v) is 7.33. The zero-order valence-electron chi connectivity index (χ0n) is 15.7. The van der Waals surface area contributed by atoms with E-state index in [1.165, 1.54) is 16.8 Å². The van der Waals surface area contributed by atoms with Crippen LogP contribution in [0.25, 0.3) is 10.9 Å². The lowest BCUT2D eigenvalue weighted by Gasteiger charge is -2.18. The predicted octanol–water partition coefficient (Wildman–Crippen LogP) is 1.35. The molecule has 0 aromatic carbocycles. The summed E-state index contributed by atoms with van der Waals surface area (Å²) in [5.41, 5.74) is 6.58. The van der Waals surface area contributed by atoms with Crippen molar-refractivity contribution in [3.05, 3.63) is 64.0 Å². The molecule has 3 aromatic rings. The van der Waals surface area contributed by atoms with Crippen LogP contribution in [0.1, 0.15) is 39.8 Å². The van der Waals surface area contributed by atoms with Crippen molar-refractivity contribution in [2.75, 3.05) is 7.05 Å². The molecule has 0 radical (unpaired) electrons. The first-order valence-electron chi connectivity index (χ1n) is 9.09. The highest BCUT2D eigenvalue weighted by Crippen LogP contribution is 2.34. The number of pyridine rings is 2. The lowest BCUT2D eigenvalue weighted by molar-refractivity contribution is 0.0776. The third-order valence-corrected chi connectivity index (χ3v) is 5.37. The van der Waals surface area contributed by atoms with Crippen molar-refractivity contribution in [1.82, 2.24) is 19.4 Å². The van der Waals surface area contributed by atoms with Crippen molar-refractivity contribution in [3.8, 4) is 0 Å². The summed E-state index contributed by atoms with van der Waals surface area (Å²) in [5.74, 6) is -0.687. The van der Waals surface area contributed by atoms with Gasteiger partial charge >= 0.3 is 0 Å². The first-order valence-corrected chi connectivity index (χ1v) is 9.09. The molecule has 3 N–H and O–H groups in total. The van der Waals surface area contributed by atoms with Crippen LogP contribution in [-0.2, 0) is 6.54 Å². The fraction of sp³-hybridized carbons (Fsp3) is 0.300. The Balaban J connectivity index is 1.78. The fourth-order valence-electron chi connectivity index (χ4n) is 3.55. The average Bonchev–Trinajstić information content (AvgIpc) is 3.20. The van der Waals surface area contributed by atoms with E-state index in [9.17, 15) is 14.4 Å². The highest BCUT2D eigenvalue weighted by molar-refractivity contribution is 5.98. The molecule has 1 fully saturated rings. The molecule has 28 heavy (non-hydrogen) atoms. The molecule has 3 aromatic heterocycles. The van der Waals surface area contributed by atoms with Gasteiger partial charge in [0.15, 0.2) is 0 Å². The number of nitrogens with one attached hydrogen (secondary N) is 1. The summed E-state index contributed by atoms with van der Waals surface area (Å²) in [7, 11) is 1.68. The van der Waals surface area contributed by atoms with Gasteiger partial charge in [-0.1, -0.05) is 6.92 Å². The Morgan fingerprint density at radius 2 is 2.14 bits per heavy atom. The summed E-state index contributed by atoms with van der Waals surface area (Å²) >= 11 is 0. The lowest BCUT2D eigenvalue weighted by atomic mass is 10.1. The largest absolute Gasteiger partial charge is 0.366 e. The highest BCUT2D eigenvalue weighted by atomic mass is 16.2. The maximum Gasteiger partial charge on any atom is 0.263 e. The molecule has 0 saturated heterocycles. The van der Waals surface area contributed by atoms with Gasteiger partial charge in [-0.2, -0.15) is 0 Å². The third-order valence-electron chi connectivity index (χ3n) is 5.37. The number of aromatic nitrogens is 3. The summed E-state index contributed by atoms with van der Waals surface area (Å²) in [6.07, 6.45) is 5.73. The number of primary amides is 1. The van der Waals surface area contributed by atoms with Crippen molar-refractivity contribution in [3.63, 3.8) is 0 Å². The van der Waals surface area contributed by atoms with Crippen LogP contribution >= 0.6 is 0 Å². The fourth-order valence-corrected chi connectivity index (χ4v) is 3.55. The Labute approximate surface area is 161 Å². The normalized spacial score (nSPS) is 18.2.